The number of ether oxygens (including phenoxy) is 1. The van der Waals surface area contributed by atoms with Crippen LogP contribution in [0.2, 0.25) is 0 Å². The fourth-order valence-corrected chi connectivity index (χ4v) is 3.46. The van der Waals surface area contributed by atoms with Crippen molar-refractivity contribution in [2.45, 2.75) is 18.6 Å². The first-order chi connectivity index (χ1) is 12.5. The average molecular weight is 364 g/mol. The molecular weight excluding hydrogens is 341 g/mol. The van der Waals surface area contributed by atoms with Crippen molar-refractivity contribution in [1.82, 2.24) is 10.2 Å². The van der Waals surface area contributed by atoms with Gasteiger partial charge in [0.05, 0.1) is 18.7 Å². The van der Waals surface area contributed by atoms with Gasteiger partial charge in [-0.3, -0.25) is 4.90 Å². The Morgan fingerprint density at radius 1 is 1.00 bits per heavy atom. The third-order valence-corrected chi connectivity index (χ3v) is 4.73. The second-order valence-electron chi connectivity index (χ2n) is 6.40. The first-order valence-corrected chi connectivity index (χ1v) is 8.75. The highest BCUT2D eigenvalue weighted by molar-refractivity contribution is 5.42. The quantitative estimate of drug-likeness (QED) is 0.884. The lowest BCUT2D eigenvalue weighted by atomic mass is 9.95. The summed E-state index contributed by atoms with van der Waals surface area (Å²) in [5, 5.41) is 3.37. The molecule has 140 valence electrons. The Kier molecular flexibility index (Phi) is 5.84. The minimum Gasteiger partial charge on any atom is -0.496 e. The summed E-state index contributed by atoms with van der Waals surface area (Å²) in [6, 6.07) is 13.1. The molecule has 0 aliphatic carbocycles. The molecule has 3 nitrogen and oxygen atoms in total. The van der Waals surface area contributed by atoms with Crippen LogP contribution in [0, 0.1) is 0 Å². The predicted molar refractivity (Wildman–Crippen MR) is 95.3 cm³/mol. The first kappa shape index (κ1) is 18.7. The molecule has 0 aromatic heterocycles. The highest BCUT2D eigenvalue weighted by atomic mass is 19.4. The summed E-state index contributed by atoms with van der Waals surface area (Å²) in [6.45, 7) is 3.49. The Labute approximate surface area is 151 Å². The lowest BCUT2D eigenvalue weighted by Gasteiger charge is -2.32. The zero-order valence-electron chi connectivity index (χ0n) is 14.7. The molecule has 6 heteroatoms. The van der Waals surface area contributed by atoms with Gasteiger partial charge >= 0.3 is 6.18 Å². The summed E-state index contributed by atoms with van der Waals surface area (Å²) in [4.78, 5) is 2.31. The highest BCUT2D eigenvalue weighted by Crippen LogP contribution is 2.36. The second-order valence-corrected chi connectivity index (χ2v) is 6.40. The molecule has 1 atom stereocenters. The van der Waals surface area contributed by atoms with E-state index < -0.39 is 11.7 Å². The molecule has 1 aliphatic heterocycles. The number of nitrogens with one attached hydrogen (secondary N) is 1. The zero-order valence-corrected chi connectivity index (χ0v) is 14.7. The lowest BCUT2D eigenvalue weighted by Crippen LogP contribution is -2.33. The lowest BCUT2D eigenvalue weighted by molar-refractivity contribution is -0.137. The standard InChI is InChI=1S/C20H23F3N2O/c1-26-18-6-3-2-5-17(18)19(25-13-4-11-24-12-14-25)15-7-9-16(10-8-15)20(21,22)23/h2-3,5-10,19,24H,4,11-14H2,1H3. The Morgan fingerprint density at radius 3 is 2.42 bits per heavy atom. The summed E-state index contributed by atoms with van der Waals surface area (Å²) in [5.41, 5.74) is 1.18. The number of para-hydroxylation sites is 1. The smallest absolute Gasteiger partial charge is 0.416 e. The van der Waals surface area contributed by atoms with E-state index in [1.165, 1.54) is 0 Å². The number of nitrogens with zero attached hydrogens (tertiary/aromatic N) is 1. The molecule has 1 saturated heterocycles. The minimum absolute atomic E-state index is 0.145. The number of hydrogen-bond acceptors (Lipinski definition) is 3. The SMILES string of the molecule is COc1ccccc1C(c1ccc(C(F)(F)F)cc1)N1CCCNCC1. The van der Waals surface area contributed by atoms with Crippen LogP contribution in [0.15, 0.2) is 48.5 Å². The normalized spacial score (nSPS) is 17.5. The van der Waals surface area contributed by atoms with Crippen LogP contribution in [-0.4, -0.2) is 38.2 Å². The van der Waals surface area contributed by atoms with Crippen LogP contribution in [0.1, 0.15) is 29.2 Å². The number of alkyl halides is 3. The Hall–Kier alpha value is -2.05. The van der Waals surface area contributed by atoms with Gasteiger partial charge in [0.1, 0.15) is 5.75 Å². The van der Waals surface area contributed by atoms with Gasteiger partial charge in [-0.1, -0.05) is 30.3 Å². The van der Waals surface area contributed by atoms with E-state index in [1.54, 1.807) is 19.2 Å². The molecule has 26 heavy (non-hydrogen) atoms. The highest BCUT2D eigenvalue weighted by Gasteiger charge is 2.31. The van der Waals surface area contributed by atoms with E-state index in [0.717, 1.165) is 61.6 Å². The summed E-state index contributed by atoms with van der Waals surface area (Å²) in [5.74, 6) is 0.745. The topological polar surface area (TPSA) is 24.5 Å². The van der Waals surface area contributed by atoms with Gasteiger partial charge in [0.25, 0.3) is 0 Å². The van der Waals surface area contributed by atoms with Crippen LogP contribution in [0.25, 0.3) is 0 Å². The predicted octanol–water partition coefficient (Wildman–Crippen LogP) is 4.10. The molecular formula is C20H23F3N2O. The van der Waals surface area contributed by atoms with Gasteiger partial charge in [0.15, 0.2) is 0 Å². The number of rotatable bonds is 4. The van der Waals surface area contributed by atoms with Crippen LogP contribution >= 0.6 is 0 Å². The van der Waals surface area contributed by atoms with Gasteiger partial charge in [-0.15, -0.1) is 0 Å². The van der Waals surface area contributed by atoms with Crippen LogP contribution in [0.5, 0.6) is 5.75 Å². The van der Waals surface area contributed by atoms with E-state index in [4.69, 9.17) is 4.74 Å². The van der Waals surface area contributed by atoms with Gasteiger partial charge in [-0.25, -0.2) is 0 Å². The maximum Gasteiger partial charge on any atom is 0.416 e. The molecule has 1 aliphatic rings. The summed E-state index contributed by atoms with van der Waals surface area (Å²) in [6.07, 6.45) is -3.34. The number of benzene rings is 2. The third-order valence-electron chi connectivity index (χ3n) is 4.73. The molecule has 1 unspecified atom stereocenters. The molecule has 1 heterocycles. The molecule has 0 saturated carbocycles. The summed E-state index contributed by atoms with van der Waals surface area (Å²) >= 11 is 0. The Bertz CT molecular complexity index is 708. The van der Waals surface area contributed by atoms with E-state index >= 15 is 0 Å². The number of methoxy groups -OCH3 is 1. The summed E-state index contributed by atoms with van der Waals surface area (Å²) in [7, 11) is 1.62. The van der Waals surface area contributed by atoms with E-state index in [0.29, 0.717) is 0 Å². The van der Waals surface area contributed by atoms with Crippen molar-refractivity contribution in [3.8, 4) is 5.75 Å². The third kappa shape index (κ3) is 4.19. The first-order valence-electron chi connectivity index (χ1n) is 8.75. The molecule has 1 N–H and O–H groups in total. The molecule has 0 spiro atoms. The van der Waals surface area contributed by atoms with Crippen LogP contribution in [0.3, 0.4) is 0 Å². The molecule has 0 radical (unpaired) electrons. The van der Waals surface area contributed by atoms with E-state index in [2.05, 4.69) is 10.2 Å². The Balaban J connectivity index is 2.02. The van der Waals surface area contributed by atoms with Crippen molar-refractivity contribution in [3.63, 3.8) is 0 Å². The van der Waals surface area contributed by atoms with Crippen LogP contribution in [-0.2, 0) is 6.18 Å². The molecule has 3 rings (SSSR count). The maximum absolute atomic E-state index is 12.9. The second kappa shape index (κ2) is 8.10. The van der Waals surface area contributed by atoms with Crippen molar-refractivity contribution in [2.75, 3.05) is 33.3 Å². The van der Waals surface area contributed by atoms with Crippen molar-refractivity contribution in [2.24, 2.45) is 0 Å². The van der Waals surface area contributed by atoms with Gasteiger partial charge in [-0.05, 0) is 36.7 Å². The monoisotopic (exact) mass is 364 g/mol. The molecule has 0 amide bonds. The summed E-state index contributed by atoms with van der Waals surface area (Å²) < 4.78 is 44.3. The molecule has 1 fully saturated rings. The molecule has 2 aromatic rings. The van der Waals surface area contributed by atoms with Crippen LogP contribution < -0.4 is 10.1 Å². The van der Waals surface area contributed by atoms with Crippen molar-refractivity contribution in [1.29, 1.82) is 0 Å². The minimum atomic E-state index is -4.33. The number of hydrogen-bond donors (Lipinski definition) is 1. The fourth-order valence-electron chi connectivity index (χ4n) is 3.46. The molecule has 0 bridgehead atoms. The van der Waals surface area contributed by atoms with Crippen LogP contribution in [0.4, 0.5) is 13.2 Å². The number of halogens is 3. The van der Waals surface area contributed by atoms with Crippen molar-refractivity contribution < 1.29 is 17.9 Å². The van der Waals surface area contributed by atoms with Gasteiger partial charge in [0, 0.05) is 25.2 Å². The zero-order chi connectivity index (χ0) is 18.6. The Morgan fingerprint density at radius 2 is 1.73 bits per heavy atom. The van der Waals surface area contributed by atoms with Gasteiger partial charge in [0.2, 0.25) is 0 Å². The molecule has 2 aromatic carbocycles. The van der Waals surface area contributed by atoms with E-state index in [1.807, 2.05) is 24.3 Å². The maximum atomic E-state index is 12.9. The van der Waals surface area contributed by atoms with Crippen molar-refractivity contribution in [3.05, 3.63) is 65.2 Å². The van der Waals surface area contributed by atoms with E-state index in [9.17, 15) is 13.2 Å². The van der Waals surface area contributed by atoms with Gasteiger partial charge in [-0.2, -0.15) is 13.2 Å². The fraction of sp³-hybridized carbons (Fsp3) is 0.400. The van der Waals surface area contributed by atoms with Crippen molar-refractivity contribution >= 4 is 0 Å². The van der Waals surface area contributed by atoms with Gasteiger partial charge < -0.3 is 10.1 Å². The largest absolute Gasteiger partial charge is 0.496 e. The average Bonchev–Trinajstić information content (AvgIpc) is 2.91. The van der Waals surface area contributed by atoms with E-state index in [-0.39, 0.29) is 6.04 Å².